The molecule has 2 aromatic heterocycles. The summed E-state index contributed by atoms with van der Waals surface area (Å²) in [6, 6.07) is 12.3. The van der Waals surface area contributed by atoms with Crippen LogP contribution in [0, 0.1) is 10.1 Å². The summed E-state index contributed by atoms with van der Waals surface area (Å²) in [5.41, 5.74) is 2.13. The largest absolute Gasteiger partial charge is 0.493 e. The molecule has 0 aliphatic rings. The van der Waals surface area contributed by atoms with Crippen molar-refractivity contribution >= 4 is 62.4 Å². The first-order valence-electron chi connectivity index (χ1n) is 10.8. The van der Waals surface area contributed by atoms with Crippen LogP contribution in [0.2, 0.25) is 10.0 Å². The number of fused-ring (bicyclic) bond motifs is 2. The summed E-state index contributed by atoms with van der Waals surface area (Å²) in [5, 5.41) is 29.5. The second kappa shape index (κ2) is 10.00. The highest BCUT2D eigenvalue weighted by molar-refractivity contribution is 6.42. The number of rotatable bonds is 7. The van der Waals surface area contributed by atoms with Crippen molar-refractivity contribution in [3.05, 3.63) is 68.7 Å². The minimum absolute atomic E-state index is 0.104. The van der Waals surface area contributed by atoms with E-state index < -0.39 is 17.4 Å². The third-order valence-electron chi connectivity index (χ3n) is 5.52. The number of nitrogens with zero attached hydrogens (tertiary/aromatic N) is 4. The Hall–Kier alpha value is -4.68. The summed E-state index contributed by atoms with van der Waals surface area (Å²) in [7, 11) is 1.45. The molecule has 2 heterocycles. The van der Waals surface area contributed by atoms with Gasteiger partial charge in [-0.1, -0.05) is 23.2 Å². The number of hydrogen-bond acceptors (Lipinski definition) is 8. The minimum atomic E-state index is -0.763. The summed E-state index contributed by atoms with van der Waals surface area (Å²) < 4.78 is 11.0. The van der Waals surface area contributed by atoms with E-state index in [1.807, 2.05) is 0 Å². The number of ether oxygens (including phenoxy) is 2. The lowest BCUT2D eigenvalue weighted by atomic mass is 10.2. The molecule has 0 bridgehead atoms. The number of non-ortho nitro benzene ring substituents is 1. The average molecular weight is 555 g/mol. The number of nitro benzene ring substituents is 1. The van der Waals surface area contributed by atoms with Crippen molar-refractivity contribution < 1.29 is 24.3 Å². The van der Waals surface area contributed by atoms with Gasteiger partial charge in [0, 0.05) is 23.1 Å². The number of halogens is 2. The number of benzene rings is 3. The first-order chi connectivity index (χ1) is 18.2. The second-order valence-corrected chi connectivity index (χ2v) is 8.74. The van der Waals surface area contributed by atoms with Gasteiger partial charge in [0.1, 0.15) is 5.82 Å². The lowest BCUT2D eigenvalue weighted by molar-refractivity contribution is -0.384. The summed E-state index contributed by atoms with van der Waals surface area (Å²) in [6.45, 7) is -0.482. The van der Waals surface area contributed by atoms with Gasteiger partial charge in [-0.05, 0) is 36.4 Å². The normalized spacial score (nSPS) is 11.4. The maximum absolute atomic E-state index is 12.3. The van der Waals surface area contributed by atoms with Crippen molar-refractivity contribution in [2.75, 3.05) is 13.7 Å². The monoisotopic (exact) mass is 554 g/mol. The number of aromatic nitrogens is 3. The average Bonchev–Trinajstić information content (AvgIpc) is 3.45. The molecule has 14 heteroatoms. The topological polar surface area (TPSA) is 168 Å². The Kier molecular flexibility index (Phi) is 6.57. The van der Waals surface area contributed by atoms with Gasteiger partial charge in [-0.25, -0.2) is 4.98 Å². The molecule has 0 spiro atoms. The fraction of sp³-hybridized carbons (Fsp3) is 0.0833. The summed E-state index contributed by atoms with van der Waals surface area (Å²) in [4.78, 5) is 33.1. The number of nitrogens with one attached hydrogen (secondary N) is 2. The molecule has 0 atom stereocenters. The molecule has 0 saturated heterocycles. The van der Waals surface area contributed by atoms with Crippen LogP contribution in [0.1, 0.15) is 0 Å². The number of nitro groups is 1. The lowest BCUT2D eigenvalue weighted by Crippen LogP contribution is -2.08. The summed E-state index contributed by atoms with van der Waals surface area (Å²) in [5.74, 6) is 0.0106. The van der Waals surface area contributed by atoms with Crippen LogP contribution < -0.4 is 9.47 Å². The molecule has 5 aromatic rings. The number of azo groups is 1. The van der Waals surface area contributed by atoms with Crippen LogP contribution in [0.25, 0.3) is 33.3 Å². The fourth-order valence-corrected chi connectivity index (χ4v) is 4.04. The van der Waals surface area contributed by atoms with Gasteiger partial charge in [0.2, 0.25) is 5.88 Å². The van der Waals surface area contributed by atoms with E-state index in [0.717, 1.165) is 0 Å². The van der Waals surface area contributed by atoms with Crippen molar-refractivity contribution in [3.63, 3.8) is 0 Å². The molecule has 0 aliphatic carbocycles. The Morgan fingerprint density at radius 2 is 1.87 bits per heavy atom. The Morgan fingerprint density at radius 1 is 1.08 bits per heavy atom. The molecule has 0 radical (unpaired) electrons. The van der Waals surface area contributed by atoms with Gasteiger partial charge in [-0.15, -0.1) is 10.2 Å². The molecule has 0 unspecified atom stereocenters. The van der Waals surface area contributed by atoms with Crippen LogP contribution in [-0.4, -0.2) is 44.6 Å². The van der Waals surface area contributed by atoms with Crippen molar-refractivity contribution in [3.8, 4) is 28.8 Å². The van der Waals surface area contributed by atoms with Gasteiger partial charge < -0.3 is 24.5 Å². The fourth-order valence-electron chi connectivity index (χ4n) is 3.72. The predicted octanol–water partition coefficient (Wildman–Crippen LogP) is 6.33. The molecular weight excluding hydrogens is 539 g/mol. The number of aromatic hydroxyl groups is 1. The second-order valence-electron chi connectivity index (χ2n) is 7.93. The van der Waals surface area contributed by atoms with Crippen LogP contribution >= 0.6 is 23.2 Å². The van der Waals surface area contributed by atoms with Crippen LogP contribution in [0.3, 0.4) is 0 Å². The lowest BCUT2D eigenvalue weighted by Gasteiger charge is -2.10. The van der Waals surface area contributed by atoms with E-state index >= 15 is 0 Å². The number of aromatic amines is 2. The first kappa shape index (κ1) is 25.0. The van der Waals surface area contributed by atoms with Crippen molar-refractivity contribution in [2.24, 2.45) is 10.2 Å². The van der Waals surface area contributed by atoms with E-state index in [-0.39, 0.29) is 28.4 Å². The van der Waals surface area contributed by atoms with Gasteiger partial charge >= 0.3 is 5.91 Å². The molecule has 12 nitrogen and oxygen atoms in total. The van der Waals surface area contributed by atoms with E-state index in [4.69, 9.17) is 32.7 Å². The SMILES string of the molecule is COc1cc(-c2nc3cc(Cl)c(Cl)cc3[nH]2)ccc1OCC(=O)N=Nc1c(O)[nH]c2ccc([N+](=O)[O-])cc12. The van der Waals surface area contributed by atoms with E-state index in [1.54, 1.807) is 30.3 Å². The molecule has 3 N–H and O–H groups in total. The minimum Gasteiger partial charge on any atom is -0.493 e. The van der Waals surface area contributed by atoms with Gasteiger partial charge in [0.25, 0.3) is 5.69 Å². The van der Waals surface area contributed by atoms with E-state index in [9.17, 15) is 20.0 Å². The van der Waals surface area contributed by atoms with Gasteiger partial charge in [-0.3, -0.25) is 14.9 Å². The zero-order chi connectivity index (χ0) is 27.0. The number of carbonyl (C=O) groups excluding carboxylic acids is 1. The molecule has 192 valence electrons. The quantitative estimate of drug-likeness (QED) is 0.120. The van der Waals surface area contributed by atoms with Crippen molar-refractivity contribution in [1.82, 2.24) is 15.0 Å². The first-order valence-corrected chi connectivity index (χ1v) is 11.6. The standard InChI is InChI=1S/C24H16Cl2N6O6/c1-37-20-6-11(23-27-17-8-14(25)15(26)9-18(17)28-23)2-5-19(20)38-10-21(33)30-31-22-13-7-12(32(35)36)3-4-16(13)29-24(22)34/h2-9,29,34H,10H2,1H3,(H,27,28). The van der Waals surface area contributed by atoms with E-state index in [0.29, 0.717) is 43.7 Å². The number of methoxy groups -OCH3 is 1. The Labute approximate surface area is 223 Å². The van der Waals surface area contributed by atoms with Gasteiger partial charge in [0.05, 0.1) is 38.6 Å². The molecule has 0 aliphatic heterocycles. The van der Waals surface area contributed by atoms with E-state index in [2.05, 4.69) is 25.2 Å². The highest BCUT2D eigenvalue weighted by Crippen LogP contribution is 2.37. The van der Waals surface area contributed by atoms with Crippen LogP contribution in [0.5, 0.6) is 17.4 Å². The van der Waals surface area contributed by atoms with Crippen molar-refractivity contribution in [2.45, 2.75) is 0 Å². The number of imidazole rings is 1. The van der Waals surface area contributed by atoms with Crippen LogP contribution in [0.4, 0.5) is 11.4 Å². The smallest absolute Gasteiger partial charge is 0.302 e. The molecule has 1 amide bonds. The Balaban J connectivity index is 1.31. The number of carbonyl (C=O) groups is 1. The molecular formula is C24H16Cl2N6O6. The zero-order valence-electron chi connectivity index (χ0n) is 19.4. The summed E-state index contributed by atoms with van der Waals surface area (Å²) in [6.07, 6.45) is 0. The number of H-pyrrole nitrogens is 2. The van der Waals surface area contributed by atoms with Gasteiger partial charge in [0.15, 0.2) is 23.8 Å². The number of hydrogen-bond donors (Lipinski definition) is 3. The molecule has 0 fully saturated rings. The third kappa shape index (κ3) is 4.82. The highest BCUT2D eigenvalue weighted by Gasteiger charge is 2.16. The predicted molar refractivity (Wildman–Crippen MR) is 140 cm³/mol. The highest BCUT2D eigenvalue weighted by atomic mass is 35.5. The van der Waals surface area contributed by atoms with Crippen LogP contribution in [0.15, 0.2) is 58.8 Å². The zero-order valence-corrected chi connectivity index (χ0v) is 20.9. The molecule has 38 heavy (non-hydrogen) atoms. The molecule has 0 saturated carbocycles. The molecule has 3 aromatic carbocycles. The Morgan fingerprint density at radius 3 is 2.63 bits per heavy atom. The molecule has 5 rings (SSSR count). The van der Waals surface area contributed by atoms with Crippen molar-refractivity contribution in [1.29, 1.82) is 0 Å². The van der Waals surface area contributed by atoms with Crippen LogP contribution in [-0.2, 0) is 4.79 Å². The van der Waals surface area contributed by atoms with E-state index in [1.165, 1.54) is 25.3 Å². The number of amides is 1. The summed E-state index contributed by atoms with van der Waals surface area (Å²) >= 11 is 12.1. The maximum atomic E-state index is 12.3. The third-order valence-corrected chi connectivity index (χ3v) is 6.24. The Bertz CT molecular complexity index is 1720. The van der Waals surface area contributed by atoms with Gasteiger partial charge in [-0.2, -0.15) is 0 Å². The maximum Gasteiger partial charge on any atom is 0.302 e.